The van der Waals surface area contributed by atoms with Gasteiger partial charge in [-0.25, -0.2) is 9.20 Å². The predicted octanol–water partition coefficient (Wildman–Crippen LogP) is 3.17. The van der Waals surface area contributed by atoms with Crippen LogP contribution in [-0.4, -0.2) is 32.4 Å². The van der Waals surface area contributed by atoms with Gasteiger partial charge in [0.25, 0.3) is 5.56 Å². The molecule has 1 amide bonds. The molecule has 2 aromatic carbocycles. The Hall–Kier alpha value is -3.65. The molecule has 8 nitrogen and oxygen atoms in total. The van der Waals surface area contributed by atoms with Crippen molar-refractivity contribution in [3.63, 3.8) is 0 Å². The highest BCUT2D eigenvalue weighted by Crippen LogP contribution is 2.22. The molecule has 30 heavy (non-hydrogen) atoms. The summed E-state index contributed by atoms with van der Waals surface area (Å²) in [4.78, 5) is 25.1. The number of nitrogens with one attached hydrogen (secondary N) is 1. The minimum absolute atomic E-state index is 0.232. The largest absolute Gasteiger partial charge is 0.497 e. The molecule has 0 atom stereocenters. The molecule has 152 valence electrons. The first kappa shape index (κ1) is 19.7. The number of rotatable bonds is 5. The Kier molecular flexibility index (Phi) is 5.24. The molecule has 2 aromatic heterocycles. The van der Waals surface area contributed by atoms with Gasteiger partial charge in [0.2, 0.25) is 5.91 Å². The van der Waals surface area contributed by atoms with Crippen molar-refractivity contribution in [2.75, 3.05) is 12.4 Å². The van der Waals surface area contributed by atoms with Gasteiger partial charge >= 0.3 is 0 Å². The Balaban J connectivity index is 1.57. The number of carbonyl (C=O) groups is 1. The summed E-state index contributed by atoms with van der Waals surface area (Å²) >= 11 is 6.08. The number of amides is 1. The van der Waals surface area contributed by atoms with Crippen molar-refractivity contribution < 1.29 is 9.53 Å². The van der Waals surface area contributed by atoms with Gasteiger partial charge in [0.15, 0.2) is 0 Å². The van der Waals surface area contributed by atoms with E-state index in [-0.39, 0.29) is 12.5 Å². The fraction of sp³-hybridized carbons (Fsp3) is 0.143. The van der Waals surface area contributed by atoms with Gasteiger partial charge < -0.3 is 10.1 Å². The smallest absolute Gasteiger partial charge is 0.293 e. The van der Waals surface area contributed by atoms with Crippen molar-refractivity contribution in [1.82, 2.24) is 19.4 Å². The van der Waals surface area contributed by atoms with Crippen molar-refractivity contribution in [2.45, 2.75) is 13.5 Å². The molecule has 0 fully saturated rings. The molecular weight excluding hydrogens is 406 g/mol. The molecule has 0 aliphatic heterocycles. The minimum atomic E-state index is -0.415. The highest BCUT2D eigenvalue weighted by atomic mass is 35.5. The van der Waals surface area contributed by atoms with Gasteiger partial charge in [-0.3, -0.25) is 9.59 Å². The lowest BCUT2D eigenvalue weighted by Crippen LogP contribution is -2.30. The fourth-order valence-electron chi connectivity index (χ4n) is 2.96. The van der Waals surface area contributed by atoms with E-state index in [0.717, 1.165) is 21.6 Å². The number of anilines is 1. The number of halogens is 1. The molecule has 0 spiro atoms. The van der Waals surface area contributed by atoms with Crippen molar-refractivity contribution in [2.24, 2.45) is 0 Å². The normalized spacial score (nSPS) is 10.9. The van der Waals surface area contributed by atoms with Crippen LogP contribution < -0.4 is 15.6 Å². The van der Waals surface area contributed by atoms with Gasteiger partial charge in [-0.2, -0.15) is 10.2 Å². The van der Waals surface area contributed by atoms with Crippen molar-refractivity contribution >= 4 is 28.7 Å². The molecule has 0 bridgehead atoms. The maximum atomic E-state index is 12.8. The highest BCUT2D eigenvalue weighted by molar-refractivity contribution is 6.31. The summed E-state index contributed by atoms with van der Waals surface area (Å²) in [5.74, 6) is 0.344. The molecule has 0 aliphatic rings. The third-order valence-electron chi connectivity index (χ3n) is 4.62. The van der Waals surface area contributed by atoms with Crippen LogP contribution in [0, 0.1) is 6.92 Å². The number of methoxy groups -OCH3 is 1. The van der Waals surface area contributed by atoms with Gasteiger partial charge in [-0.15, -0.1) is 0 Å². The monoisotopic (exact) mass is 423 g/mol. The molecule has 9 heteroatoms. The highest BCUT2D eigenvalue weighted by Gasteiger charge is 2.13. The summed E-state index contributed by atoms with van der Waals surface area (Å²) in [5, 5.41) is 11.7. The second-order valence-corrected chi connectivity index (χ2v) is 7.10. The lowest BCUT2D eigenvalue weighted by Gasteiger charge is -2.08. The second-order valence-electron chi connectivity index (χ2n) is 6.69. The van der Waals surface area contributed by atoms with Crippen molar-refractivity contribution in [3.05, 3.63) is 75.8 Å². The third-order valence-corrected chi connectivity index (χ3v) is 5.03. The number of fused-ring (bicyclic) bond motifs is 1. The average molecular weight is 424 g/mol. The standard InChI is InChI=1S/C21H18ClN5O3/c1-13-3-6-15(9-17(13)22)24-20(28)11-26-21(29)19-10-18(25-27(19)12-23-26)14-4-7-16(30-2)8-5-14/h3-10,12H,11H2,1-2H3,(H,24,28). The molecule has 4 aromatic rings. The summed E-state index contributed by atoms with van der Waals surface area (Å²) in [6.07, 6.45) is 1.40. The number of nitrogens with zero attached hydrogens (tertiary/aromatic N) is 4. The molecule has 0 saturated heterocycles. The first-order chi connectivity index (χ1) is 14.4. The van der Waals surface area contributed by atoms with E-state index < -0.39 is 5.56 Å². The van der Waals surface area contributed by atoms with Crippen molar-refractivity contribution in [1.29, 1.82) is 0 Å². The van der Waals surface area contributed by atoms with Crippen LogP contribution in [0.5, 0.6) is 5.75 Å². The predicted molar refractivity (Wildman–Crippen MR) is 114 cm³/mol. The quantitative estimate of drug-likeness (QED) is 0.532. The number of hydrogen-bond donors (Lipinski definition) is 1. The lowest BCUT2D eigenvalue weighted by molar-refractivity contribution is -0.117. The molecule has 0 saturated carbocycles. The zero-order valence-electron chi connectivity index (χ0n) is 16.3. The Bertz CT molecular complexity index is 1290. The second kappa shape index (κ2) is 8.00. The van der Waals surface area contributed by atoms with Crippen LogP contribution in [0.1, 0.15) is 5.56 Å². The molecular formula is C21H18ClN5O3. The van der Waals surface area contributed by atoms with Crippen LogP contribution in [0.2, 0.25) is 5.02 Å². The molecule has 0 aliphatic carbocycles. The van der Waals surface area contributed by atoms with Crippen LogP contribution in [0.25, 0.3) is 16.8 Å². The number of hydrogen-bond acceptors (Lipinski definition) is 5. The Morgan fingerprint density at radius 3 is 2.63 bits per heavy atom. The van der Waals surface area contributed by atoms with Crippen LogP contribution in [0.4, 0.5) is 5.69 Å². The van der Waals surface area contributed by atoms with E-state index in [4.69, 9.17) is 16.3 Å². The zero-order chi connectivity index (χ0) is 21.3. The number of aromatic nitrogens is 4. The maximum absolute atomic E-state index is 12.8. The Morgan fingerprint density at radius 1 is 1.17 bits per heavy atom. The topological polar surface area (TPSA) is 90.5 Å². The van der Waals surface area contributed by atoms with Gasteiger partial charge in [0, 0.05) is 16.3 Å². The Morgan fingerprint density at radius 2 is 1.93 bits per heavy atom. The van der Waals surface area contributed by atoms with Gasteiger partial charge in [-0.05, 0) is 55.0 Å². The number of ether oxygens (including phenoxy) is 1. The average Bonchev–Trinajstić information content (AvgIpc) is 3.18. The summed E-state index contributed by atoms with van der Waals surface area (Å²) < 4.78 is 7.65. The number of benzene rings is 2. The summed E-state index contributed by atoms with van der Waals surface area (Å²) in [6.45, 7) is 1.64. The van der Waals surface area contributed by atoms with Crippen molar-refractivity contribution in [3.8, 4) is 17.0 Å². The summed E-state index contributed by atoms with van der Waals surface area (Å²) in [7, 11) is 1.59. The fourth-order valence-corrected chi connectivity index (χ4v) is 3.14. The van der Waals surface area contributed by atoms with E-state index >= 15 is 0 Å². The molecule has 0 radical (unpaired) electrons. The molecule has 4 rings (SSSR count). The SMILES string of the molecule is COc1ccc(-c2cc3c(=O)n(CC(=O)Nc4ccc(C)c(Cl)c4)ncn3n2)cc1. The van der Waals surface area contributed by atoms with Crippen LogP contribution in [0.15, 0.2) is 59.7 Å². The Labute approximate surface area is 176 Å². The first-order valence-electron chi connectivity index (χ1n) is 9.10. The van der Waals surface area contributed by atoms with E-state index in [9.17, 15) is 9.59 Å². The van der Waals surface area contributed by atoms with E-state index in [1.54, 1.807) is 31.4 Å². The van der Waals surface area contributed by atoms with Crippen LogP contribution in [0.3, 0.4) is 0 Å². The maximum Gasteiger partial charge on any atom is 0.293 e. The van der Waals surface area contributed by atoms with E-state index in [0.29, 0.717) is 21.9 Å². The van der Waals surface area contributed by atoms with Crippen LogP contribution >= 0.6 is 11.6 Å². The number of carbonyl (C=O) groups excluding carboxylic acids is 1. The van der Waals surface area contributed by atoms with Gasteiger partial charge in [0.1, 0.15) is 24.1 Å². The van der Waals surface area contributed by atoms with E-state index in [1.165, 1.54) is 10.8 Å². The molecule has 2 heterocycles. The summed E-state index contributed by atoms with van der Waals surface area (Å²) in [6, 6.07) is 14.2. The van der Waals surface area contributed by atoms with E-state index in [1.807, 2.05) is 31.2 Å². The van der Waals surface area contributed by atoms with Gasteiger partial charge in [0.05, 0.1) is 12.8 Å². The van der Waals surface area contributed by atoms with Gasteiger partial charge in [-0.1, -0.05) is 17.7 Å². The summed E-state index contributed by atoms with van der Waals surface area (Å²) in [5.41, 5.74) is 2.82. The first-order valence-corrected chi connectivity index (χ1v) is 9.48. The number of aryl methyl sites for hydroxylation is 1. The van der Waals surface area contributed by atoms with Crippen LogP contribution in [-0.2, 0) is 11.3 Å². The lowest BCUT2D eigenvalue weighted by atomic mass is 10.1. The van der Waals surface area contributed by atoms with E-state index in [2.05, 4.69) is 15.5 Å². The molecule has 1 N–H and O–H groups in total. The molecule has 0 unspecified atom stereocenters. The zero-order valence-corrected chi connectivity index (χ0v) is 17.1. The third kappa shape index (κ3) is 3.90. The minimum Gasteiger partial charge on any atom is -0.497 e.